The van der Waals surface area contributed by atoms with Crippen LogP contribution in [0, 0.1) is 13.8 Å². The highest BCUT2D eigenvalue weighted by molar-refractivity contribution is 9.10. The number of methoxy groups -OCH3 is 1. The molecule has 27 heavy (non-hydrogen) atoms. The molecule has 0 saturated carbocycles. The van der Waals surface area contributed by atoms with Gasteiger partial charge in [-0.05, 0) is 49.2 Å². The molecule has 0 unspecified atom stereocenters. The van der Waals surface area contributed by atoms with E-state index in [0.717, 1.165) is 15.6 Å². The van der Waals surface area contributed by atoms with Crippen molar-refractivity contribution in [1.29, 1.82) is 0 Å². The standard InChI is InChI=1S/C21H21BrO5/c1-13-4-5-15(10-14(13)2)19(24)12-27-21(25)9-7-18(23)17-11-16(22)6-8-20(17)26-3/h4-6,8,10-11H,7,9,12H2,1-3H3. The minimum absolute atomic E-state index is 0.0243. The molecule has 0 aliphatic heterocycles. The molecule has 0 aliphatic rings. The number of esters is 1. The Morgan fingerprint density at radius 1 is 0.926 bits per heavy atom. The summed E-state index contributed by atoms with van der Waals surface area (Å²) < 4.78 is 10.9. The number of hydrogen-bond acceptors (Lipinski definition) is 5. The van der Waals surface area contributed by atoms with Gasteiger partial charge in [0.05, 0.1) is 19.1 Å². The van der Waals surface area contributed by atoms with Crippen molar-refractivity contribution >= 4 is 33.5 Å². The first-order chi connectivity index (χ1) is 12.8. The Morgan fingerprint density at radius 3 is 2.33 bits per heavy atom. The molecule has 0 radical (unpaired) electrons. The van der Waals surface area contributed by atoms with Crippen LogP contribution in [0.3, 0.4) is 0 Å². The van der Waals surface area contributed by atoms with Crippen LogP contribution in [0.4, 0.5) is 0 Å². The summed E-state index contributed by atoms with van der Waals surface area (Å²) in [5.41, 5.74) is 2.98. The summed E-state index contributed by atoms with van der Waals surface area (Å²) in [5.74, 6) is -0.645. The zero-order valence-corrected chi connectivity index (χ0v) is 17.1. The summed E-state index contributed by atoms with van der Waals surface area (Å²) >= 11 is 3.31. The molecule has 2 aromatic carbocycles. The Hall–Kier alpha value is -2.47. The lowest BCUT2D eigenvalue weighted by Crippen LogP contribution is -2.15. The van der Waals surface area contributed by atoms with E-state index in [9.17, 15) is 14.4 Å². The summed E-state index contributed by atoms with van der Waals surface area (Å²) in [7, 11) is 1.48. The molecule has 2 aromatic rings. The quantitative estimate of drug-likeness (QED) is 0.454. The van der Waals surface area contributed by atoms with Gasteiger partial charge in [-0.3, -0.25) is 14.4 Å². The molecule has 0 amide bonds. The smallest absolute Gasteiger partial charge is 0.306 e. The van der Waals surface area contributed by atoms with Crippen LogP contribution in [0.15, 0.2) is 40.9 Å². The first kappa shape index (κ1) is 20.8. The summed E-state index contributed by atoms with van der Waals surface area (Å²) in [6, 6.07) is 10.4. The zero-order valence-electron chi connectivity index (χ0n) is 15.5. The second-order valence-corrected chi connectivity index (χ2v) is 7.07. The average Bonchev–Trinajstić information content (AvgIpc) is 2.66. The van der Waals surface area contributed by atoms with Crippen molar-refractivity contribution in [3.05, 3.63) is 63.1 Å². The second kappa shape index (κ2) is 9.46. The van der Waals surface area contributed by atoms with Crippen LogP contribution in [0.25, 0.3) is 0 Å². The average molecular weight is 433 g/mol. The molecule has 6 heteroatoms. The molecule has 0 fully saturated rings. The highest BCUT2D eigenvalue weighted by Gasteiger charge is 2.16. The molecule has 0 aliphatic carbocycles. The van der Waals surface area contributed by atoms with Crippen molar-refractivity contribution in [2.75, 3.05) is 13.7 Å². The fourth-order valence-electron chi connectivity index (χ4n) is 2.46. The Kier molecular flexibility index (Phi) is 7.30. The van der Waals surface area contributed by atoms with Crippen molar-refractivity contribution in [3.63, 3.8) is 0 Å². The number of ether oxygens (including phenoxy) is 2. The molecule has 0 aromatic heterocycles. The third-order valence-corrected chi connectivity index (χ3v) is 4.70. The third kappa shape index (κ3) is 5.76. The maximum Gasteiger partial charge on any atom is 0.306 e. The first-order valence-corrected chi connectivity index (χ1v) is 9.24. The molecule has 0 N–H and O–H groups in total. The van der Waals surface area contributed by atoms with Gasteiger partial charge < -0.3 is 9.47 Å². The van der Waals surface area contributed by atoms with Crippen molar-refractivity contribution < 1.29 is 23.9 Å². The minimum Gasteiger partial charge on any atom is -0.496 e. The van der Waals surface area contributed by atoms with E-state index in [1.807, 2.05) is 19.9 Å². The Labute approximate surface area is 166 Å². The molecule has 0 bridgehead atoms. The Morgan fingerprint density at radius 2 is 1.67 bits per heavy atom. The Balaban J connectivity index is 1.87. The van der Waals surface area contributed by atoms with E-state index in [4.69, 9.17) is 9.47 Å². The van der Waals surface area contributed by atoms with Crippen molar-refractivity contribution in [3.8, 4) is 5.75 Å². The van der Waals surface area contributed by atoms with E-state index in [2.05, 4.69) is 15.9 Å². The number of carbonyl (C=O) groups is 3. The monoisotopic (exact) mass is 432 g/mol. The summed E-state index contributed by atoms with van der Waals surface area (Å²) in [4.78, 5) is 36.4. The van der Waals surface area contributed by atoms with Crippen molar-refractivity contribution in [1.82, 2.24) is 0 Å². The molecular weight excluding hydrogens is 412 g/mol. The Bertz CT molecular complexity index is 873. The van der Waals surface area contributed by atoms with E-state index >= 15 is 0 Å². The van der Waals surface area contributed by atoms with Crippen molar-refractivity contribution in [2.24, 2.45) is 0 Å². The predicted molar refractivity (Wildman–Crippen MR) is 105 cm³/mol. The molecule has 0 saturated heterocycles. The normalized spacial score (nSPS) is 10.4. The highest BCUT2D eigenvalue weighted by atomic mass is 79.9. The molecule has 142 valence electrons. The van der Waals surface area contributed by atoms with E-state index in [1.165, 1.54) is 7.11 Å². The van der Waals surface area contributed by atoms with Gasteiger partial charge in [-0.25, -0.2) is 0 Å². The second-order valence-electron chi connectivity index (χ2n) is 6.15. The van der Waals surface area contributed by atoms with Crippen LogP contribution in [0.2, 0.25) is 0 Å². The molecular formula is C21H21BrO5. The highest BCUT2D eigenvalue weighted by Crippen LogP contribution is 2.24. The zero-order chi connectivity index (χ0) is 20.0. The first-order valence-electron chi connectivity index (χ1n) is 8.44. The van der Waals surface area contributed by atoms with E-state index in [0.29, 0.717) is 16.9 Å². The molecule has 0 atom stereocenters. The number of carbonyl (C=O) groups excluding carboxylic acids is 3. The van der Waals surface area contributed by atoms with Gasteiger partial charge in [0.15, 0.2) is 18.2 Å². The van der Waals surface area contributed by atoms with Gasteiger partial charge in [0.2, 0.25) is 0 Å². The maximum absolute atomic E-state index is 12.3. The van der Waals surface area contributed by atoms with Gasteiger partial charge in [-0.2, -0.15) is 0 Å². The van der Waals surface area contributed by atoms with Crippen LogP contribution in [-0.4, -0.2) is 31.3 Å². The largest absolute Gasteiger partial charge is 0.496 e. The summed E-state index contributed by atoms with van der Waals surface area (Å²) in [6.07, 6.45) is -0.127. The molecule has 2 rings (SSSR count). The van der Waals surface area contributed by atoms with Crippen LogP contribution in [0.1, 0.15) is 44.7 Å². The lowest BCUT2D eigenvalue weighted by Gasteiger charge is -2.08. The van der Waals surface area contributed by atoms with Gasteiger partial charge in [0.1, 0.15) is 5.75 Å². The molecule has 0 spiro atoms. The SMILES string of the molecule is COc1ccc(Br)cc1C(=O)CCC(=O)OCC(=O)c1ccc(C)c(C)c1. The van der Waals surface area contributed by atoms with E-state index < -0.39 is 5.97 Å². The van der Waals surface area contributed by atoms with Crippen LogP contribution in [-0.2, 0) is 9.53 Å². The number of Topliss-reactive ketones (excluding diaryl/α,β-unsaturated/α-hetero) is 2. The van der Waals surface area contributed by atoms with Gasteiger partial charge in [-0.1, -0.05) is 28.1 Å². The van der Waals surface area contributed by atoms with Crippen LogP contribution < -0.4 is 4.74 Å². The molecule has 5 nitrogen and oxygen atoms in total. The van der Waals surface area contributed by atoms with E-state index in [-0.39, 0.29) is 31.0 Å². The number of ketones is 2. The van der Waals surface area contributed by atoms with Gasteiger partial charge in [0, 0.05) is 16.5 Å². The van der Waals surface area contributed by atoms with Crippen LogP contribution >= 0.6 is 15.9 Å². The predicted octanol–water partition coefficient (Wildman–Crippen LogP) is 4.46. The van der Waals surface area contributed by atoms with Gasteiger partial charge >= 0.3 is 5.97 Å². The van der Waals surface area contributed by atoms with Crippen LogP contribution in [0.5, 0.6) is 5.75 Å². The topological polar surface area (TPSA) is 69.7 Å². The number of halogens is 1. The number of hydrogen-bond donors (Lipinski definition) is 0. The number of benzene rings is 2. The minimum atomic E-state index is -0.588. The summed E-state index contributed by atoms with van der Waals surface area (Å²) in [6.45, 7) is 3.54. The molecule has 0 heterocycles. The summed E-state index contributed by atoms with van der Waals surface area (Å²) in [5, 5.41) is 0. The third-order valence-electron chi connectivity index (χ3n) is 4.21. The maximum atomic E-state index is 12.3. The van der Waals surface area contributed by atoms with Gasteiger partial charge in [0.25, 0.3) is 0 Å². The number of aryl methyl sites for hydroxylation is 2. The fraction of sp³-hybridized carbons (Fsp3) is 0.286. The lowest BCUT2D eigenvalue weighted by atomic mass is 10.0. The van der Waals surface area contributed by atoms with E-state index in [1.54, 1.807) is 30.3 Å². The number of rotatable bonds is 8. The lowest BCUT2D eigenvalue weighted by molar-refractivity contribution is -0.142. The van der Waals surface area contributed by atoms with Gasteiger partial charge in [-0.15, -0.1) is 0 Å². The fourth-order valence-corrected chi connectivity index (χ4v) is 2.83. The van der Waals surface area contributed by atoms with Crippen molar-refractivity contribution in [2.45, 2.75) is 26.7 Å².